The van der Waals surface area contributed by atoms with Crippen molar-refractivity contribution in [2.24, 2.45) is 0 Å². The van der Waals surface area contributed by atoms with Gasteiger partial charge in [0, 0.05) is 25.9 Å². The van der Waals surface area contributed by atoms with E-state index in [-0.39, 0.29) is 17.3 Å². The van der Waals surface area contributed by atoms with Crippen LogP contribution in [0.15, 0.2) is 47.6 Å². The number of hydrogen-bond acceptors (Lipinski definition) is 4. The van der Waals surface area contributed by atoms with Gasteiger partial charge in [0.15, 0.2) is 9.84 Å². The number of nitrogens with zero attached hydrogens (tertiary/aromatic N) is 1. The summed E-state index contributed by atoms with van der Waals surface area (Å²) in [5.41, 5.74) is 2.12. The van der Waals surface area contributed by atoms with E-state index in [0.29, 0.717) is 11.1 Å². The number of nitrogens with one attached hydrogen (secondary N) is 1. The molecule has 1 aromatic heterocycles. The monoisotopic (exact) mass is 332 g/mol. The van der Waals surface area contributed by atoms with Crippen LogP contribution >= 0.6 is 0 Å². The second-order valence-corrected chi connectivity index (χ2v) is 7.62. The molecule has 0 aliphatic heterocycles. The van der Waals surface area contributed by atoms with Crippen LogP contribution in [-0.2, 0) is 14.6 Å². The van der Waals surface area contributed by atoms with Crippen LogP contribution in [0.4, 0.5) is 0 Å². The molecule has 1 atom stereocenters. The summed E-state index contributed by atoms with van der Waals surface area (Å²) >= 11 is 0. The largest absolute Gasteiger partial charge is 0.355 e. The van der Waals surface area contributed by atoms with Crippen LogP contribution < -0.4 is 5.32 Å². The van der Waals surface area contributed by atoms with Gasteiger partial charge in [-0.2, -0.15) is 0 Å². The number of benzene rings is 1. The zero-order chi connectivity index (χ0) is 17.0. The third-order valence-corrected chi connectivity index (χ3v) is 5.86. The first-order valence-electron chi connectivity index (χ1n) is 7.28. The van der Waals surface area contributed by atoms with Crippen LogP contribution in [0.1, 0.15) is 28.9 Å². The number of aromatic nitrogens is 1. The average Bonchev–Trinajstić information content (AvgIpc) is 2.50. The van der Waals surface area contributed by atoms with E-state index in [9.17, 15) is 13.2 Å². The van der Waals surface area contributed by atoms with E-state index >= 15 is 0 Å². The summed E-state index contributed by atoms with van der Waals surface area (Å²) in [6.07, 6.45) is 3.11. The number of sulfone groups is 1. The SMILES string of the molecule is CC(=O)NC[C@H](c1cccnc1)S(=O)(=O)c1cc(C)ccc1C. The van der Waals surface area contributed by atoms with Crippen LogP contribution in [-0.4, -0.2) is 25.9 Å². The van der Waals surface area contributed by atoms with Crippen molar-refractivity contribution in [3.05, 3.63) is 59.4 Å². The molecule has 1 amide bonds. The first-order chi connectivity index (χ1) is 10.8. The fourth-order valence-corrected chi connectivity index (χ4v) is 4.35. The van der Waals surface area contributed by atoms with E-state index in [1.54, 1.807) is 37.4 Å². The summed E-state index contributed by atoms with van der Waals surface area (Å²) in [4.78, 5) is 15.5. The van der Waals surface area contributed by atoms with Crippen LogP contribution in [0.2, 0.25) is 0 Å². The van der Waals surface area contributed by atoms with Crippen LogP contribution in [0, 0.1) is 13.8 Å². The number of pyridine rings is 1. The number of hydrogen-bond donors (Lipinski definition) is 1. The van der Waals surface area contributed by atoms with Gasteiger partial charge in [-0.3, -0.25) is 9.78 Å². The fourth-order valence-electron chi connectivity index (χ4n) is 2.38. The second-order valence-electron chi connectivity index (χ2n) is 5.53. The Morgan fingerprint density at radius 2 is 2.00 bits per heavy atom. The van der Waals surface area contributed by atoms with Crippen molar-refractivity contribution in [3.8, 4) is 0 Å². The molecule has 0 fully saturated rings. The van der Waals surface area contributed by atoms with Crippen molar-refractivity contribution in [2.45, 2.75) is 30.9 Å². The maximum absolute atomic E-state index is 13.1. The van der Waals surface area contributed by atoms with E-state index in [4.69, 9.17) is 0 Å². The lowest BCUT2D eigenvalue weighted by atomic mass is 10.2. The average molecular weight is 332 g/mol. The van der Waals surface area contributed by atoms with Crippen molar-refractivity contribution in [3.63, 3.8) is 0 Å². The van der Waals surface area contributed by atoms with Gasteiger partial charge < -0.3 is 5.32 Å². The second kappa shape index (κ2) is 6.91. The van der Waals surface area contributed by atoms with E-state index in [1.165, 1.54) is 13.1 Å². The Morgan fingerprint density at radius 3 is 2.61 bits per heavy atom. The highest BCUT2D eigenvalue weighted by Crippen LogP contribution is 2.30. The third-order valence-electron chi connectivity index (χ3n) is 3.62. The molecule has 122 valence electrons. The molecule has 0 unspecified atom stereocenters. The van der Waals surface area contributed by atoms with E-state index < -0.39 is 15.1 Å². The Labute approximate surface area is 136 Å². The van der Waals surface area contributed by atoms with Gasteiger partial charge in [0.25, 0.3) is 0 Å². The summed E-state index contributed by atoms with van der Waals surface area (Å²) in [5, 5.41) is 1.73. The summed E-state index contributed by atoms with van der Waals surface area (Å²) in [6.45, 7) is 5.00. The lowest BCUT2D eigenvalue weighted by molar-refractivity contribution is -0.118. The van der Waals surface area contributed by atoms with Gasteiger partial charge in [-0.15, -0.1) is 0 Å². The van der Waals surface area contributed by atoms with Crippen molar-refractivity contribution in [1.82, 2.24) is 10.3 Å². The highest BCUT2D eigenvalue weighted by atomic mass is 32.2. The highest BCUT2D eigenvalue weighted by molar-refractivity contribution is 7.91. The topological polar surface area (TPSA) is 76.1 Å². The van der Waals surface area contributed by atoms with Gasteiger partial charge in [0.1, 0.15) is 5.25 Å². The molecule has 1 heterocycles. The lowest BCUT2D eigenvalue weighted by Crippen LogP contribution is -2.30. The molecule has 0 saturated carbocycles. The molecule has 6 heteroatoms. The quantitative estimate of drug-likeness (QED) is 0.912. The maximum atomic E-state index is 13.1. The molecular weight excluding hydrogens is 312 g/mol. The summed E-state index contributed by atoms with van der Waals surface area (Å²) < 4.78 is 26.3. The molecule has 23 heavy (non-hydrogen) atoms. The van der Waals surface area contributed by atoms with Gasteiger partial charge >= 0.3 is 0 Å². The molecular formula is C17H20N2O3S. The molecule has 0 bridgehead atoms. The van der Waals surface area contributed by atoms with E-state index in [0.717, 1.165) is 5.56 Å². The zero-order valence-electron chi connectivity index (χ0n) is 13.4. The maximum Gasteiger partial charge on any atom is 0.216 e. The van der Waals surface area contributed by atoms with E-state index in [2.05, 4.69) is 10.3 Å². The Hall–Kier alpha value is -2.21. The predicted molar refractivity (Wildman–Crippen MR) is 88.8 cm³/mol. The number of carbonyl (C=O) groups excluding carboxylic acids is 1. The third kappa shape index (κ3) is 3.96. The minimum atomic E-state index is -3.66. The van der Waals surface area contributed by atoms with Gasteiger partial charge in [-0.1, -0.05) is 18.2 Å². The van der Waals surface area contributed by atoms with Crippen molar-refractivity contribution in [2.75, 3.05) is 6.54 Å². The molecule has 0 aliphatic rings. The molecule has 0 saturated heterocycles. The molecule has 0 spiro atoms. The number of aryl methyl sites for hydroxylation is 2. The van der Waals surface area contributed by atoms with Crippen LogP contribution in [0.5, 0.6) is 0 Å². The van der Waals surface area contributed by atoms with Crippen LogP contribution in [0.25, 0.3) is 0 Å². The molecule has 5 nitrogen and oxygen atoms in total. The minimum Gasteiger partial charge on any atom is -0.355 e. The standard InChI is InChI=1S/C17H20N2O3S/c1-12-6-7-13(2)16(9-12)23(21,22)17(11-19-14(3)20)15-5-4-8-18-10-15/h4-10,17H,11H2,1-3H3,(H,19,20)/t17-/m1/s1. The normalized spacial score (nSPS) is 12.7. The molecule has 2 rings (SSSR count). The summed E-state index contributed by atoms with van der Waals surface area (Å²) in [6, 6.07) is 8.74. The zero-order valence-corrected chi connectivity index (χ0v) is 14.2. The molecule has 0 aliphatic carbocycles. The molecule has 1 aromatic carbocycles. The number of carbonyl (C=O) groups is 1. The fraction of sp³-hybridized carbons (Fsp3) is 0.294. The van der Waals surface area contributed by atoms with E-state index in [1.807, 2.05) is 13.0 Å². The lowest BCUT2D eigenvalue weighted by Gasteiger charge is -2.19. The van der Waals surface area contributed by atoms with Crippen molar-refractivity contribution >= 4 is 15.7 Å². The number of amides is 1. The van der Waals surface area contributed by atoms with Crippen molar-refractivity contribution < 1.29 is 13.2 Å². The Morgan fingerprint density at radius 1 is 1.26 bits per heavy atom. The molecule has 2 aromatic rings. The smallest absolute Gasteiger partial charge is 0.216 e. The summed E-state index contributed by atoms with van der Waals surface area (Å²) in [5.74, 6) is -0.268. The van der Waals surface area contributed by atoms with Gasteiger partial charge in [0.05, 0.1) is 4.90 Å². The first-order valence-corrected chi connectivity index (χ1v) is 8.82. The Bertz CT molecular complexity index is 802. The Kier molecular flexibility index (Phi) is 5.15. The van der Waals surface area contributed by atoms with Crippen LogP contribution in [0.3, 0.4) is 0 Å². The van der Waals surface area contributed by atoms with Gasteiger partial charge in [0.2, 0.25) is 5.91 Å². The highest BCUT2D eigenvalue weighted by Gasteiger charge is 2.30. The van der Waals surface area contributed by atoms with Crippen molar-refractivity contribution in [1.29, 1.82) is 0 Å². The number of rotatable bonds is 5. The first kappa shape index (κ1) is 17.1. The van der Waals surface area contributed by atoms with Gasteiger partial charge in [-0.25, -0.2) is 8.42 Å². The van der Waals surface area contributed by atoms with Gasteiger partial charge in [-0.05, 0) is 42.7 Å². The molecule has 0 radical (unpaired) electrons. The minimum absolute atomic E-state index is 0.0107. The Balaban J connectivity index is 2.52. The molecule has 1 N–H and O–H groups in total. The predicted octanol–water partition coefficient (Wildman–Crippen LogP) is 2.35. The summed E-state index contributed by atoms with van der Waals surface area (Å²) in [7, 11) is -3.66.